The molecule has 5 aromatic carbocycles. The summed E-state index contributed by atoms with van der Waals surface area (Å²) in [5.74, 6) is 0. The Morgan fingerprint density at radius 2 is 0.857 bits per heavy atom. The van der Waals surface area contributed by atoms with E-state index >= 15 is 0 Å². The molecule has 56 heavy (non-hydrogen) atoms. The van der Waals surface area contributed by atoms with Crippen molar-refractivity contribution in [3.63, 3.8) is 0 Å². The van der Waals surface area contributed by atoms with E-state index in [9.17, 15) is 0 Å². The fraction of sp³-hybridized carbons (Fsp3) is 0.200. The van der Waals surface area contributed by atoms with Crippen LogP contribution in [0.5, 0.6) is 0 Å². The topological polar surface area (TPSA) is 54.0 Å². The molecular formula is C50H44Li2N4. The Hall–Kier alpha value is -4.81. The van der Waals surface area contributed by atoms with E-state index in [1.807, 2.05) is 0 Å². The minimum atomic E-state index is -0.130. The molecule has 0 spiro atoms. The zero-order valence-corrected chi connectivity index (χ0v) is 33.8. The number of hydrogen-bond acceptors (Lipinski definition) is 2. The zero-order chi connectivity index (χ0) is 37.2. The molecule has 0 bridgehead atoms. The summed E-state index contributed by atoms with van der Waals surface area (Å²) in [6, 6.07) is 43.2. The number of benzene rings is 5. The molecule has 9 rings (SSSR count). The summed E-state index contributed by atoms with van der Waals surface area (Å²) in [7, 11) is 0. The van der Waals surface area contributed by atoms with Crippen molar-refractivity contribution in [3.8, 4) is 22.5 Å². The number of aromatic nitrogens is 2. The van der Waals surface area contributed by atoms with E-state index in [0.29, 0.717) is 0 Å². The van der Waals surface area contributed by atoms with Crippen LogP contribution in [0, 0.1) is 0 Å². The van der Waals surface area contributed by atoms with E-state index in [-0.39, 0.29) is 60.6 Å². The van der Waals surface area contributed by atoms with Crippen LogP contribution in [0.3, 0.4) is 0 Å². The van der Waals surface area contributed by atoms with Gasteiger partial charge in [-0.3, -0.25) is 0 Å². The predicted molar refractivity (Wildman–Crippen MR) is 228 cm³/mol. The van der Waals surface area contributed by atoms with Crippen LogP contribution in [0.1, 0.15) is 87.0 Å². The molecule has 0 saturated heterocycles. The normalized spacial score (nSPS) is 15.9. The van der Waals surface area contributed by atoms with Crippen molar-refractivity contribution in [1.82, 2.24) is 9.97 Å². The van der Waals surface area contributed by atoms with Gasteiger partial charge in [-0.2, -0.15) is 0 Å². The largest absolute Gasteiger partial charge is 1.00 e. The van der Waals surface area contributed by atoms with E-state index in [4.69, 9.17) is 20.6 Å². The van der Waals surface area contributed by atoms with Gasteiger partial charge in [0.2, 0.25) is 0 Å². The van der Waals surface area contributed by atoms with Gasteiger partial charge in [0.15, 0.2) is 0 Å². The minimum absolute atomic E-state index is 0. The van der Waals surface area contributed by atoms with Crippen molar-refractivity contribution >= 4 is 45.3 Å². The third-order valence-electron chi connectivity index (χ3n) is 10.9. The maximum Gasteiger partial charge on any atom is 1.00 e. The fourth-order valence-corrected chi connectivity index (χ4v) is 7.57. The Morgan fingerprint density at radius 3 is 1.25 bits per heavy atom. The first-order valence-corrected chi connectivity index (χ1v) is 19.0. The van der Waals surface area contributed by atoms with Gasteiger partial charge in [-0.15, -0.1) is 11.4 Å². The summed E-state index contributed by atoms with van der Waals surface area (Å²) < 4.78 is 0. The summed E-state index contributed by atoms with van der Waals surface area (Å²) in [6.45, 7) is 13.5. The van der Waals surface area contributed by atoms with Crippen LogP contribution in [0.4, 0.5) is 11.4 Å². The molecule has 0 amide bonds. The Labute approximate surface area is 355 Å². The molecule has 0 fully saturated rings. The second-order valence-electron chi connectivity index (χ2n) is 16.7. The second-order valence-corrected chi connectivity index (χ2v) is 16.7. The van der Waals surface area contributed by atoms with Crippen LogP contribution < -0.4 is 37.7 Å². The molecule has 2 atom stereocenters. The van der Waals surface area contributed by atoms with Crippen LogP contribution in [0.15, 0.2) is 133 Å². The first-order chi connectivity index (χ1) is 26.0. The summed E-state index contributed by atoms with van der Waals surface area (Å²) in [5.41, 5.74) is 15.2. The smallest absolute Gasteiger partial charge is 0.673 e. The predicted octanol–water partition coefficient (Wildman–Crippen LogP) is 8.27. The number of pyridine rings is 2. The van der Waals surface area contributed by atoms with Crippen LogP contribution in [0.2, 0.25) is 0 Å². The Bertz CT molecular complexity index is 2450. The molecule has 0 N–H and O–H groups in total. The van der Waals surface area contributed by atoms with Crippen molar-refractivity contribution in [3.05, 3.63) is 177 Å². The summed E-state index contributed by atoms with van der Waals surface area (Å²) >= 11 is 0. The van der Waals surface area contributed by atoms with Gasteiger partial charge in [0.25, 0.3) is 0 Å². The molecule has 2 aromatic heterocycles. The van der Waals surface area contributed by atoms with Crippen molar-refractivity contribution in [2.75, 3.05) is 0 Å². The monoisotopic (exact) mass is 714 g/mol. The number of rotatable bonds is 4. The van der Waals surface area contributed by atoms with E-state index in [1.54, 1.807) is 0 Å². The van der Waals surface area contributed by atoms with Crippen LogP contribution >= 0.6 is 0 Å². The standard InChI is InChI=1S/C50H44N4.2Li/c1-49(2,3)39-22-14-31(15-23-39)41-26-18-33-10-12-35-20-28-43(53-47(35)45(33)51-41)37-8-7-9-38(30-37)44-29-21-36-13-11-34-19-27-42(52-46(34)48(36)54-44)32-16-24-40(25-17-32)50(4,5)6;;/h7-30,43-44H,1-6H3;;/q-2;2*+1. The van der Waals surface area contributed by atoms with Crippen molar-refractivity contribution in [2.24, 2.45) is 0 Å². The molecule has 2 unspecified atom stereocenters. The minimum Gasteiger partial charge on any atom is -0.673 e. The molecule has 7 aromatic rings. The van der Waals surface area contributed by atoms with E-state index in [2.05, 4.69) is 187 Å². The van der Waals surface area contributed by atoms with E-state index in [0.717, 1.165) is 77.9 Å². The van der Waals surface area contributed by atoms with Gasteiger partial charge < -0.3 is 10.6 Å². The van der Waals surface area contributed by atoms with Crippen molar-refractivity contribution in [2.45, 2.75) is 64.5 Å². The zero-order valence-electron chi connectivity index (χ0n) is 33.8. The number of nitrogens with zero attached hydrogens (tertiary/aromatic N) is 4. The molecule has 2 aliphatic heterocycles. The molecule has 6 heteroatoms. The molecule has 0 saturated carbocycles. The maximum atomic E-state index is 5.34. The van der Waals surface area contributed by atoms with E-state index < -0.39 is 0 Å². The fourth-order valence-electron chi connectivity index (χ4n) is 7.57. The third-order valence-corrected chi connectivity index (χ3v) is 10.9. The first-order valence-electron chi connectivity index (χ1n) is 19.0. The Balaban J connectivity index is 0.00000240. The molecule has 266 valence electrons. The van der Waals surface area contributed by atoms with Crippen LogP contribution in [-0.4, -0.2) is 9.97 Å². The number of fused-ring (bicyclic) bond motifs is 6. The Morgan fingerprint density at radius 1 is 0.464 bits per heavy atom. The molecule has 0 aliphatic carbocycles. The maximum absolute atomic E-state index is 5.34. The summed E-state index contributed by atoms with van der Waals surface area (Å²) in [4.78, 5) is 10.4. The second kappa shape index (κ2) is 15.3. The first kappa shape index (κ1) is 39.4. The van der Waals surface area contributed by atoms with Gasteiger partial charge in [-0.05, 0) is 56.0 Å². The van der Waals surface area contributed by atoms with E-state index in [1.165, 1.54) is 11.1 Å². The summed E-state index contributed by atoms with van der Waals surface area (Å²) in [5, 5.41) is 12.9. The van der Waals surface area contributed by atoms with Crippen LogP contribution in [-0.2, 0) is 10.8 Å². The van der Waals surface area contributed by atoms with Gasteiger partial charge in [0.1, 0.15) is 0 Å². The molecule has 2 aliphatic rings. The summed E-state index contributed by atoms with van der Waals surface area (Å²) in [6.07, 6.45) is 8.77. The molecule has 4 heterocycles. The average molecular weight is 715 g/mol. The third kappa shape index (κ3) is 7.53. The van der Waals surface area contributed by atoms with Gasteiger partial charge in [0.05, 0.1) is 22.4 Å². The molecule has 4 nitrogen and oxygen atoms in total. The van der Waals surface area contributed by atoms with Gasteiger partial charge in [-0.1, -0.05) is 198 Å². The Kier molecular flexibility index (Phi) is 10.8. The van der Waals surface area contributed by atoms with Crippen molar-refractivity contribution < 1.29 is 37.7 Å². The van der Waals surface area contributed by atoms with Gasteiger partial charge in [-0.25, -0.2) is 9.97 Å². The molecule has 0 radical (unpaired) electrons. The SMILES string of the molecule is CC(C)(C)c1ccc(-c2ccc3ccc4c(c3n2)[N-]C(c2cccc(C3C=Cc5ccc6ccc(-c7ccc(C(C)(C)C)cc7)nc6c5[N-]3)c2)C=C4)cc1.[Li+].[Li+]. The quantitative estimate of drug-likeness (QED) is 0.173. The van der Waals surface area contributed by atoms with Gasteiger partial charge >= 0.3 is 37.7 Å². The molecular weight excluding hydrogens is 670 g/mol. The number of hydrogen-bond donors (Lipinski definition) is 0. The van der Waals surface area contributed by atoms with Crippen LogP contribution in [0.25, 0.3) is 67.1 Å². The van der Waals surface area contributed by atoms with Crippen molar-refractivity contribution in [1.29, 1.82) is 0 Å². The van der Waals surface area contributed by atoms with Gasteiger partial charge in [0, 0.05) is 11.1 Å². The average Bonchev–Trinajstić information content (AvgIpc) is 3.19.